The zero-order valence-corrected chi connectivity index (χ0v) is 20.7. The number of halogens is 1. The van der Waals surface area contributed by atoms with E-state index in [1.54, 1.807) is 24.4 Å². The van der Waals surface area contributed by atoms with E-state index in [0.717, 1.165) is 37.4 Å². The Morgan fingerprint density at radius 2 is 1.76 bits per heavy atom. The molecule has 3 heterocycles. The van der Waals surface area contributed by atoms with Crippen molar-refractivity contribution >= 4 is 44.8 Å². The van der Waals surface area contributed by atoms with Crippen molar-refractivity contribution in [2.75, 3.05) is 47.2 Å². The van der Waals surface area contributed by atoms with E-state index in [0.29, 0.717) is 11.8 Å². The van der Waals surface area contributed by atoms with Crippen molar-refractivity contribution in [3.05, 3.63) is 65.3 Å². The first-order valence-electron chi connectivity index (χ1n) is 11.2. The number of sulfonamides is 1. The second-order valence-corrected chi connectivity index (χ2v) is 11.4. The Morgan fingerprint density at radius 1 is 1.06 bits per heavy atom. The molecule has 2 aliphatic heterocycles. The predicted octanol–water partition coefficient (Wildman–Crippen LogP) is 3.77. The van der Waals surface area contributed by atoms with E-state index in [1.165, 1.54) is 16.1 Å². The smallest absolute Gasteiger partial charge is 0.267 e. The molecule has 2 N–H and O–H groups in total. The van der Waals surface area contributed by atoms with Crippen LogP contribution >= 0.6 is 11.6 Å². The van der Waals surface area contributed by atoms with E-state index >= 15 is 0 Å². The van der Waals surface area contributed by atoms with Crippen LogP contribution in [0.1, 0.15) is 19.4 Å². The maximum absolute atomic E-state index is 13.5. The molecule has 1 fully saturated rings. The zero-order valence-electron chi connectivity index (χ0n) is 19.1. The van der Waals surface area contributed by atoms with E-state index < -0.39 is 15.4 Å². The highest BCUT2D eigenvalue weighted by Crippen LogP contribution is 2.42. The van der Waals surface area contributed by atoms with Crippen LogP contribution in [0.25, 0.3) is 0 Å². The summed E-state index contributed by atoms with van der Waals surface area (Å²) < 4.78 is 28.4. The molecule has 0 unspecified atom stereocenters. The Labute approximate surface area is 205 Å². The summed E-state index contributed by atoms with van der Waals surface area (Å²) in [6, 6.07) is 14.6. The van der Waals surface area contributed by atoms with Gasteiger partial charge in [-0.3, -0.25) is 0 Å². The Kier molecular flexibility index (Phi) is 5.87. The molecule has 2 aliphatic rings. The van der Waals surface area contributed by atoms with Crippen LogP contribution in [0, 0.1) is 0 Å². The zero-order chi connectivity index (χ0) is 23.9. The van der Waals surface area contributed by atoms with Crippen molar-refractivity contribution in [2.45, 2.75) is 24.2 Å². The molecule has 0 bridgehead atoms. The predicted molar refractivity (Wildman–Crippen MR) is 136 cm³/mol. The fraction of sp³-hybridized carbons (Fsp3) is 0.333. The van der Waals surface area contributed by atoms with Gasteiger partial charge in [0, 0.05) is 61.3 Å². The molecule has 0 amide bonds. The van der Waals surface area contributed by atoms with Crippen molar-refractivity contribution in [1.29, 1.82) is 0 Å². The van der Waals surface area contributed by atoms with Gasteiger partial charge in [-0.25, -0.2) is 17.7 Å². The molecule has 2 aromatic carbocycles. The molecule has 8 nitrogen and oxygen atoms in total. The van der Waals surface area contributed by atoms with Crippen LogP contribution in [0.3, 0.4) is 0 Å². The molecular formula is C24H27ClN6O2S. The molecule has 0 saturated carbocycles. The molecule has 1 saturated heterocycles. The summed E-state index contributed by atoms with van der Waals surface area (Å²) in [7, 11) is -3.89. The lowest BCUT2D eigenvalue weighted by Crippen LogP contribution is -2.43. The first-order chi connectivity index (χ1) is 16.3. The maximum atomic E-state index is 13.5. The molecule has 0 spiro atoms. The van der Waals surface area contributed by atoms with Crippen LogP contribution < -0.4 is 19.8 Å². The first kappa shape index (κ1) is 22.9. The summed E-state index contributed by atoms with van der Waals surface area (Å²) in [5.74, 6) is 0.714. The summed E-state index contributed by atoms with van der Waals surface area (Å²) in [6.07, 6.45) is 1.71. The van der Waals surface area contributed by atoms with Crippen molar-refractivity contribution in [1.82, 2.24) is 15.3 Å². The van der Waals surface area contributed by atoms with Gasteiger partial charge in [-0.15, -0.1) is 0 Å². The van der Waals surface area contributed by atoms with Crippen LogP contribution in [0.15, 0.2) is 59.6 Å². The van der Waals surface area contributed by atoms with Crippen molar-refractivity contribution in [3.63, 3.8) is 0 Å². The van der Waals surface area contributed by atoms with E-state index in [9.17, 15) is 8.42 Å². The fourth-order valence-electron chi connectivity index (χ4n) is 4.40. The molecule has 34 heavy (non-hydrogen) atoms. The van der Waals surface area contributed by atoms with Gasteiger partial charge >= 0.3 is 0 Å². The van der Waals surface area contributed by atoms with Gasteiger partial charge in [0.25, 0.3) is 10.0 Å². The van der Waals surface area contributed by atoms with Gasteiger partial charge in [0.1, 0.15) is 4.90 Å². The van der Waals surface area contributed by atoms with E-state index in [-0.39, 0.29) is 16.5 Å². The number of anilines is 4. The number of nitrogens with one attached hydrogen (secondary N) is 2. The molecule has 1 aromatic heterocycles. The average molecular weight is 499 g/mol. The lowest BCUT2D eigenvalue weighted by molar-refractivity contribution is 0.554. The summed E-state index contributed by atoms with van der Waals surface area (Å²) in [5, 5.41) is 6.76. The Morgan fingerprint density at radius 3 is 2.47 bits per heavy atom. The average Bonchev–Trinajstić information content (AvgIpc) is 3.11. The Hall–Kier alpha value is -2.88. The summed E-state index contributed by atoms with van der Waals surface area (Å²) in [4.78, 5) is 11.5. The molecule has 0 aliphatic carbocycles. The minimum Gasteiger partial charge on any atom is -0.369 e. The molecule has 3 aromatic rings. The summed E-state index contributed by atoms with van der Waals surface area (Å²) in [6.45, 7) is 8.14. The highest BCUT2D eigenvalue weighted by atomic mass is 35.5. The highest BCUT2D eigenvalue weighted by Gasteiger charge is 2.43. The number of hydrogen-bond donors (Lipinski definition) is 2. The van der Waals surface area contributed by atoms with Crippen LogP contribution in [-0.2, 0) is 15.4 Å². The normalized spacial score (nSPS) is 17.5. The Balaban J connectivity index is 1.43. The summed E-state index contributed by atoms with van der Waals surface area (Å²) in [5.41, 5.74) is 2.34. The lowest BCUT2D eigenvalue weighted by Gasteiger charge is -2.29. The molecule has 5 rings (SSSR count). The first-order valence-corrected chi connectivity index (χ1v) is 13.1. The standard InChI is InChI=1S/C24H27ClN6O2S/c1-24(2)16-31(34(32,33)21-6-4-3-5-20(21)25)22-19(24)15-27-23(29-22)28-17-7-9-18(10-8-17)30-13-11-26-12-14-30/h3-10,15,26H,11-14,16H2,1-2H3,(H,27,28,29). The van der Waals surface area contributed by atoms with Gasteiger partial charge in [0.2, 0.25) is 5.95 Å². The SMILES string of the molecule is CC1(C)CN(S(=O)(=O)c2ccccc2Cl)c2nc(Nc3ccc(N4CCNCC4)cc3)ncc21. The number of aromatic nitrogens is 2. The van der Waals surface area contributed by atoms with Gasteiger partial charge in [-0.05, 0) is 36.4 Å². The number of hydrogen-bond acceptors (Lipinski definition) is 7. The second kappa shape index (κ2) is 8.72. The molecule has 0 atom stereocenters. The minimum absolute atomic E-state index is 0.0666. The quantitative estimate of drug-likeness (QED) is 0.553. The number of fused-ring (bicyclic) bond motifs is 1. The maximum Gasteiger partial charge on any atom is 0.267 e. The van der Waals surface area contributed by atoms with E-state index in [1.807, 2.05) is 26.0 Å². The largest absolute Gasteiger partial charge is 0.369 e. The van der Waals surface area contributed by atoms with Crippen molar-refractivity contribution in [3.8, 4) is 0 Å². The topological polar surface area (TPSA) is 90.5 Å². The van der Waals surface area contributed by atoms with Gasteiger partial charge in [-0.1, -0.05) is 37.6 Å². The van der Waals surface area contributed by atoms with Gasteiger partial charge < -0.3 is 15.5 Å². The summed E-state index contributed by atoms with van der Waals surface area (Å²) >= 11 is 6.23. The van der Waals surface area contributed by atoms with Crippen LogP contribution in [-0.4, -0.2) is 51.1 Å². The van der Waals surface area contributed by atoms with Gasteiger partial charge in [-0.2, -0.15) is 4.98 Å². The van der Waals surface area contributed by atoms with E-state index in [2.05, 4.69) is 37.6 Å². The third-order valence-electron chi connectivity index (χ3n) is 6.28. The second-order valence-electron chi connectivity index (χ2n) is 9.17. The van der Waals surface area contributed by atoms with Gasteiger partial charge in [0.05, 0.1) is 5.02 Å². The van der Waals surface area contributed by atoms with Crippen LogP contribution in [0.4, 0.5) is 23.1 Å². The number of benzene rings is 2. The third kappa shape index (κ3) is 4.19. The van der Waals surface area contributed by atoms with Gasteiger partial charge in [0.15, 0.2) is 5.82 Å². The number of nitrogens with zero attached hydrogens (tertiary/aromatic N) is 4. The minimum atomic E-state index is -3.89. The van der Waals surface area contributed by atoms with Crippen molar-refractivity contribution < 1.29 is 8.42 Å². The highest BCUT2D eigenvalue weighted by molar-refractivity contribution is 7.93. The number of piperazine rings is 1. The Bertz CT molecular complexity index is 1310. The molecule has 10 heteroatoms. The van der Waals surface area contributed by atoms with Crippen molar-refractivity contribution in [2.24, 2.45) is 0 Å². The van der Waals surface area contributed by atoms with Crippen LogP contribution in [0.5, 0.6) is 0 Å². The fourth-order valence-corrected chi connectivity index (χ4v) is 6.49. The third-order valence-corrected chi connectivity index (χ3v) is 8.52. The number of rotatable bonds is 5. The monoisotopic (exact) mass is 498 g/mol. The lowest BCUT2D eigenvalue weighted by atomic mass is 9.89. The van der Waals surface area contributed by atoms with E-state index in [4.69, 9.17) is 11.6 Å². The molecular weight excluding hydrogens is 472 g/mol. The molecule has 178 valence electrons. The van der Waals surface area contributed by atoms with Crippen LogP contribution in [0.2, 0.25) is 5.02 Å². The molecule has 0 radical (unpaired) electrons.